The van der Waals surface area contributed by atoms with Crippen molar-refractivity contribution >= 4 is 17.5 Å². The largest absolute Gasteiger partial charge is 0.352 e. The van der Waals surface area contributed by atoms with Gasteiger partial charge >= 0.3 is 0 Å². The van der Waals surface area contributed by atoms with Gasteiger partial charge in [0, 0.05) is 17.1 Å². The molecule has 0 spiro atoms. The predicted molar refractivity (Wildman–Crippen MR) is 77.0 cm³/mol. The molecule has 1 aromatic carbocycles. The van der Waals surface area contributed by atoms with Crippen LogP contribution in [-0.2, 0) is 0 Å². The monoisotopic (exact) mass is 285 g/mol. The third-order valence-corrected chi connectivity index (χ3v) is 3.29. The van der Waals surface area contributed by atoms with Gasteiger partial charge in [0.1, 0.15) is 5.82 Å². The molecule has 1 aromatic rings. The van der Waals surface area contributed by atoms with Crippen LogP contribution in [0, 0.1) is 11.7 Å². The summed E-state index contributed by atoms with van der Waals surface area (Å²) in [6.07, 6.45) is 4.40. The zero-order chi connectivity index (χ0) is 14.3. The second-order valence-electron chi connectivity index (χ2n) is 4.81. The Morgan fingerprint density at radius 1 is 1.26 bits per heavy atom. The number of nitrogens with one attached hydrogen (secondary N) is 1. The van der Waals surface area contributed by atoms with E-state index in [4.69, 9.17) is 11.6 Å². The van der Waals surface area contributed by atoms with E-state index in [9.17, 15) is 9.18 Å². The van der Waals surface area contributed by atoms with Crippen molar-refractivity contribution in [3.05, 3.63) is 34.6 Å². The van der Waals surface area contributed by atoms with E-state index in [1.54, 1.807) is 0 Å². The molecule has 1 rings (SSSR count). The molecule has 0 aromatic heterocycles. The molecule has 2 nitrogen and oxygen atoms in total. The number of carbonyl (C=O) groups excluding carboxylic acids is 1. The fourth-order valence-corrected chi connectivity index (χ4v) is 2.41. The quantitative estimate of drug-likeness (QED) is 0.789. The Balaban J connectivity index is 2.58. The van der Waals surface area contributed by atoms with Gasteiger partial charge in [-0.3, -0.25) is 4.79 Å². The molecule has 0 saturated carbocycles. The molecule has 4 heteroatoms. The highest BCUT2D eigenvalue weighted by atomic mass is 35.5. The molecule has 0 bridgehead atoms. The molecule has 0 saturated heterocycles. The standard InChI is InChI=1S/C15H21ClFNO/c1-3-5-11(6-4-2)10-18-15(19)12-7-13(16)9-14(17)8-12/h7-9,11H,3-6,10H2,1-2H3,(H,18,19). The third-order valence-electron chi connectivity index (χ3n) is 3.07. The van der Waals surface area contributed by atoms with Crippen LogP contribution in [0.5, 0.6) is 0 Å². The van der Waals surface area contributed by atoms with Crippen LogP contribution >= 0.6 is 11.6 Å². The van der Waals surface area contributed by atoms with Gasteiger partial charge in [-0.1, -0.05) is 38.3 Å². The maximum absolute atomic E-state index is 13.2. The van der Waals surface area contributed by atoms with Crippen LogP contribution < -0.4 is 5.32 Å². The van der Waals surface area contributed by atoms with E-state index in [2.05, 4.69) is 19.2 Å². The van der Waals surface area contributed by atoms with Crippen molar-refractivity contribution in [1.82, 2.24) is 5.32 Å². The summed E-state index contributed by atoms with van der Waals surface area (Å²) in [6.45, 7) is 4.91. The van der Waals surface area contributed by atoms with Crippen molar-refractivity contribution in [2.75, 3.05) is 6.54 Å². The van der Waals surface area contributed by atoms with Crippen LogP contribution in [0.3, 0.4) is 0 Å². The maximum atomic E-state index is 13.2. The average molecular weight is 286 g/mol. The van der Waals surface area contributed by atoms with Gasteiger partial charge in [0.25, 0.3) is 5.91 Å². The fraction of sp³-hybridized carbons (Fsp3) is 0.533. The molecular weight excluding hydrogens is 265 g/mol. The van der Waals surface area contributed by atoms with Crippen LogP contribution in [0.2, 0.25) is 5.02 Å². The molecule has 106 valence electrons. The first-order chi connectivity index (χ1) is 9.06. The van der Waals surface area contributed by atoms with Gasteiger partial charge in [-0.2, -0.15) is 0 Å². The summed E-state index contributed by atoms with van der Waals surface area (Å²) in [5.74, 6) is -0.266. The molecule has 0 fully saturated rings. The van der Waals surface area contributed by atoms with E-state index >= 15 is 0 Å². The smallest absolute Gasteiger partial charge is 0.251 e. The van der Waals surface area contributed by atoms with Crippen LogP contribution in [0.25, 0.3) is 0 Å². The molecule has 0 aliphatic carbocycles. The van der Waals surface area contributed by atoms with Gasteiger partial charge in [0.05, 0.1) is 0 Å². The minimum absolute atomic E-state index is 0.240. The van der Waals surface area contributed by atoms with Crippen molar-refractivity contribution in [3.8, 4) is 0 Å². The summed E-state index contributed by atoms with van der Waals surface area (Å²) in [7, 11) is 0. The van der Waals surface area contributed by atoms with E-state index in [-0.39, 0.29) is 16.5 Å². The van der Waals surface area contributed by atoms with Crippen molar-refractivity contribution in [2.45, 2.75) is 39.5 Å². The summed E-state index contributed by atoms with van der Waals surface area (Å²) in [5, 5.41) is 3.10. The molecule has 1 amide bonds. The SMILES string of the molecule is CCCC(CCC)CNC(=O)c1cc(F)cc(Cl)c1. The number of hydrogen-bond donors (Lipinski definition) is 1. The topological polar surface area (TPSA) is 29.1 Å². The number of carbonyl (C=O) groups is 1. The lowest BCUT2D eigenvalue weighted by atomic mass is 9.98. The molecule has 0 atom stereocenters. The Morgan fingerprint density at radius 2 is 1.89 bits per heavy atom. The third kappa shape index (κ3) is 5.60. The summed E-state index contributed by atoms with van der Waals surface area (Å²) in [4.78, 5) is 11.9. The lowest BCUT2D eigenvalue weighted by Gasteiger charge is -2.16. The predicted octanol–water partition coefficient (Wildman–Crippen LogP) is 4.43. The highest BCUT2D eigenvalue weighted by Gasteiger charge is 2.11. The minimum atomic E-state index is -0.490. The summed E-state index contributed by atoms with van der Waals surface area (Å²) in [5.41, 5.74) is 0.275. The number of benzene rings is 1. The molecule has 0 aliphatic rings. The van der Waals surface area contributed by atoms with E-state index in [1.165, 1.54) is 18.2 Å². The van der Waals surface area contributed by atoms with Crippen molar-refractivity contribution in [1.29, 1.82) is 0 Å². The van der Waals surface area contributed by atoms with E-state index in [1.807, 2.05) is 0 Å². The normalized spacial score (nSPS) is 10.8. The zero-order valence-electron chi connectivity index (χ0n) is 11.5. The lowest BCUT2D eigenvalue weighted by molar-refractivity contribution is 0.0945. The number of hydrogen-bond acceptors (Lipinski definition) is 1. The fourth-order valence-electron chi connectivity index (χ4n) is 2.19. The van der Waals surface area contributed by atoms with Crippen molar-refractivity contribution in [3.63, 3.8) is 0 Å². The summed E-state index contributed by atoms with van der Waals surface area (Å²) >= 11 is 5.74. The second kappa shape index (κ2) is 8.16. The van der Waals surface area contributed by atoms with Crippen LogP contribution in [-0.4, -0.2) is 12.5 Å². The van der Waals surface area contributed by atoms with Crippen LogP contribution in [0.1, 0.15) is 49.9 Å². The Morgan fingerprint density at radius 3 is 2.42 bits per heavy atom. The van der Waals surface area contributed by atoms with E-state index in [0.717, 1.165) is 25.7 Å². The number of halogens is 2. The van der Waals surface area contributed by atoms with Gasteiger partial charge < -0.3 is 5.32 Å². The molecule has 0 heterocycles. The first kappa shape index (κ1) is 16.0. The van der Waals surface area contributed by atoms with E-state index in [0.29, 0.717) is 12.5 Å². The highest BCUT2D eigenvalue weighted by Crippen LogP contribution is 2.15. The van der Waals surface area contributed by atoms with Crippen LogP contribution in [0.4, 0.5) is 4.39 Å². The zero-order valence-corrected chi connectivity index (χ0v) is 12.3. The molecule has 0 unspecified atom stereocenters. The van der Waals surface area contributed by atoms with Gasteiger partial charge in [-0.15, -0.1) is 0 Å². The second-order valence-corrected chi connectivity index (χ2v) is 5.25. The first-order valence-electron chi connectivity index (χ1n) is 6.81. The summed E-state index contributed by atoms with van der Waals surface area (Å²) in [6, 6.07) is 3.87. The van der Waals surface area contributed by atoms with Gasteiger partial charge in [0.15, 0.2) is 0 Å². The molecule has 19 heavy (non-hydrogen) atoms. The summed E-state index contributed by atoms with van der Waals surface area (Å²) < 4.78 is 13.2. The Labute approximate surface area is 119 Å². The van der Waals surface area contributed by atoms with Gasteiger partial charge in [0.2, 0.25) is 0 Å². The van der Waals surface area contributed by atoms with Crippen molar-refractivity contribution in [2.24, 2.45) is 5.92 Å². The highest BCUT2D eigenvalue weighted by molar-refractivity contribution is 6.31. The first-order valence-corrected chi connectivity index (χ1v) is 7.18. The Hall–Kier alpha value is -1.09. The lowest BCUT2D eigenvalue weighted by Crippen LogP contribution is -2.29. The average Bonchev–Trinajstić information content (AvgIpc) is 2.35. The molecular formula is C15H21ClFNO. The number of rotatable bonds is 7. The molecule has 1 N–H and O–H groups in total. The van der Waals surface area contributed by atoms with E-state index < -0.39 is 5.82 Å². The Kier molecular flexibility index (Phi) is 6.85. The Bertz CT molecular complexity index is 396. The number of amides is 1. The van der Waals surface area contributed by atoms with Gasteiger partial charge in [-0.25, -0.2) is 4.39 Å². The van der Waals surface area contributed by atoms with Crippen molar-refractivity contribution < 1.29 is 9.18 Å². The minimum Gasteiger partial charge on any atom is -0.352 e. The van der Waals surface area contributed by atoms with Crippen LogP contribution in [0.15, 0.2) is 18.2 Å². The van der Waals surface area contributed by atoms with Gasteiger partial charge in [-0.05, 0) is 37.0 Å². The maximum Gasteiger partial charge on any atom is 0.251 e. The molecule has 0 radical (unpaired) electrons. The molecule has 0 aliphatic heterocycles.